The number of nitrogens with one attached hydrogen (secondary N) is 1. The van der Waals surface area contributed by atoms with Crippen molar-refractivity contribution in [2.24, 2.45) is 0 Å². The van der Waals surface area contributed by atoms with Crippen LogP contribution in [0, 0.1) is 0 Å². The van der Waals surface area contributed by atoms with Crippen molar-refractivity contribution in [1.29, 1.82) is 0 Å². The highest BCUT2D eigenvalue weighted by atomic mass is 16.5. The number of rotatable bonds is 5. The lowest BCUT2D eigenvalue weighted by Crippen LogP contribution is -2.10. The Kier molecular flexibility index (Phi) is 4.55. The number of nitrogen functional groups attached to an aromatic ring is 1. The van der Waals surface area contributed by atoms with E-state index in [1.54, 1.807) is 31.5 Å². The number of hydrogen-bond donors (Lipinski definition) is 2. The Morgan fingerprint density at radius 2 is 2.05 bits per heavy atom. The first-order valence-corrected chi connectivity index (χ1v) is 6.40. The molecule has 104 valence electrons. The molecule has 2 aromatic rings. The van der Waals surface area contributed by atoms with Gasteiger partial charge in [-0.2, -0.15) is 0 Å². The molecule has 5 heteroatoms. The summed E-state index contributed by atoms with van der Waals surface area (Å²) in [6.07, 6.45) is 3.46. The van der Waals surface area contributed by atoms with Gasteiger partial charge in [-0.3, -0.25) is 4.98 Å². The molecule has 1 aromatic heterocycles. The zero-order valence-corrected chi connectivity index (χ0v) is 11.3. The second-order valence-electron chi connectivity index (χ2n) is 4.20. The number of nitrogens with zero attached hydrogens (tertiary/aromatic N) is 1. The molecular weight excluding hydrogens is 254 g/mol. The summed E-state index contributed by atoms with van der Waals surface area (Å²) in [6, 6.07) is 9.10. The van der Waals surface area contributed by atoms with Crippen molar-refractivity contribution in [3.63, 3.8) is 0 Å². The maximum atomic E-state index is 11.8. The van der Waals surface area contributed by atoms with E-state index in [0.717, 1.165) is 5.56 Å². The van der Waals surface area contributed by atoms with Gasteiger partial charge < -0.3 is 15.8 Å². The molecule has 3 N–H and O–H groups in total. The van der Waals surface area contributed by atoms with E-state index in [-0.39, 0.29) is 0 Å². The second-order valence-corrected chi connectivity index (χ2v) is 4.20. The Bertz CT molecular complexity index is 585. The average molecular weight is 271 g/mol. The predicted octanol–water partition coefficient (Wildman–Crippen LogP) is 2.45. The number of pyridine rings is 1. The normalized spacial score (nSPS) is 10.1. The first-order valence-electron chi connectivity index (χ1n) is 6.40. The molecule has 0 fully saturated rings. The van der Waals surface area contributed by atoms with E-state index < -0.39 is 5.97 Å². The molecule has 0 saturated heterocycles. The Hall–Kier alpha value is -2.56. The van der Waals surface area contributed by atoms with Crippen LogP contribution in [0.5, 0.6) is 0 Å². The van der Waals surface area contributed by atoms with E-state index in [4.69, 9.17) is 10.5 Å². The summed E-state index contributed by atoms with van der Waals surface area (Å²) < 4.78 is 4.97. The van der Waals surface area contributed by atoms with Gasteiger partial charge in [0, 0.05) is 18.9 Å². The largest absolute Gasteiger partial charge is 0.462 e. The van der Waals surface area contributed by atoms with Gasteiger partial charge in [0.15, 0.2) is 0 Å². The maximum absolute atomic E-state index is 11.8. The van der Waals surface area contributed by atoms with Crippen LogP contribution in [0.25, 0.3) is 0 Å². The van der Waals surface area contributed by atoms with Crippen LogP contribution in [0.3, 0.4) is 0 Å². The van der Waals surface area contributed by atoms with Crippen molar-refractivity contribution >= 4 is 17.3 Å². The van der Waals surface area contributed by atoms with Gasteiger partial charge in [0.05, 0.1) is 23.5 Å². The van der Waals surface area contributed by atoms with Crippen molar-refractivity contribution in [3.05, 3.63) is 53.9 Å². The summed E-state index contributed by atoms with van der Waals surface area (Å²) >= 11 is 0. The maximum Gasteiger partial charge on any atom is 0.340 e. The fraction of sp³-hybridized carbons (Fsp3) is 0.200. The third-order valence-electron chi connectivity index (χ3n) is 2.83. The van der Waals surface area contributed by atoms with E-state index >= 15 is 0 Å². The van der Waals surface area contributed by atoms with Crippen LogP contribution in [-0.2, 0) is 11.3 Å². The highest BCUT2D eigenvalue weighted by molar-refractivity contribution is 5.98. The van der Waals surface area contributed by atoms with E-state index in [1.807, 2.05) is 18.2 Å². The Morgan fingerprint density at radius 1 is 1.30 bits per heavy atom. The molecule has 1 aromatic carbocycles. The molecule has 0 aliphatic heterocycles. The predicted molar refractivity (Wildman–Crippen MR) is 78.4 cm³/mol. The third kappa shape index (κ3) is 3.26. The van der Waals surface area contributed by atoms with Crippen LogP contribution in [0.4, 0.5) is 11.4 Å². The highest BCUT2D eigenvalue weighted by Gasteiger charge is 2.13. The van der Waals surface area contributed by atoms with E-state index in [0.29, 0.717) is 30.1 Å². The van der Waals surface area contributed by atoms with Gasteiger partial charge in [0.2, 0.25) is 0 Å². The van der Waals surface area contributed by atoms with Crippen molar-refractivity contribution in [3.8, 4) is 0 Å². The molecule has 2 rings (SSSR count). The summed E-state index contributed by atoms with van der Waals surface area (Å²) in [7, 11) is 0. The smallest absolute Gasteiger partial charge is 0.340 e. The van der Waals surface area contributed by atoms with Crippen LogP contribution in [0.15, 0.2) is 42.7 Å². The number of benzene rings is 1. The molecule has 0 bridgehead atoms. The molecule has 0 aliphatic rings. The van der Waals surface area contributed by atoms with Gasteiger partial charge in [0.1, 0.15) is 0 Å². The topological polar surface area (TPSA) is 77.2 Å². The molecule has 0 atom stereocenters. The molecule has 0 spiro atoms. The van der Waals surface area contributed by atoms with Crippen molar-refractivity contribution in [2.75, 3.05) is 17.7 Å². The van der Waals surface area contributed by atoms with Crippen molar-refractivity contribution in [1.82, 2.24) is 4.98 Å². The van der Waals surface area contributed by atoms with Crippen molar-refractivity contribution in [2.45, 2.75) is 13.5 Å². The monoisotopic (exact) mass is 271 g/mol. The minimum atomic E-state index is -0.405. The standard InChI is InChI=1S/C15H17N3O2/c1-2-20-15(19)12-4-3-5-13(14(12)16)18-10-11-6-8-17-9-7-11/h3-9,18H,2,10,16H2,1H3. The summed E-state index contributed by atoms with van der Waals surface area (Å²) in [5, 5.41) is 3.21. The van der Waals surface area contributed by atoms with Crippen LogP contribution in [0.1, 0.15) is 22.8 Å². The van der Waals surface area contributed by atoms with Gasteiger partial charge in [-0.05, 0) is 36.8 Å². The van der Waals surface area contributed by atoms with E-state index in [2.05, 4.69) is 10.3 Å². The van der Waals surface area contributed by atoms with Crippen LogP contribution >= 0.6 is 0 Å². The van der Waals surface area contributed by atoms with Crippen LogP contribution < -0.4 is 11.1 Å². The summed E-state index contributed by atoms with van der Waals surface area (Å²) in [6.45, 7) is 2.70. The minimum absolute atomic E-state index is 0.326. The number of hydrogen-bond acceptors (Lipinski definition) is 5. The number of aromatic nitrogens is 1. The van der Waals surface area contributed by atoms with E-state index in [9.17, 15) is 4.79 Å². The number of nitrogens with two attached hydrogens (primary N) is 1. The molecule has 0 amide bonds. The van der Waals surface area contributed by atoms with Gasteiger partial charge >= 0.3 is 5.97 Å². The Balaban J connectivity index is 2.12. The first-order chi connectivity index (χ1) is 9.72. The number of anilines is 2. The first kappa shape index (κ1) is 13.9. The average Bonchev–Trinajstić information content (AvgIpc) is 2.47. The second kappa shape index (κ2) is 6.56. The fourth-order valence-electron chi connectivity index (χ4n) is 1.80. The number of carbonyl (C=O) groups excluding carboxylic acids is 1. The van der Waals surface area contributed by atoms with Gasteiger partial charge in [-0.15, -0.1) is 0 Å². The van der Waals surface area contributed by atoms with Gasteiger partial charge in [0.25, 0.3) is 0 Å². The number of carbonyl (C=O) groups is 1. The molecular formula is C15H17N3O2. The molecule has 0 radical (unpaired) electrons. The summed E-state index contributed by atoms with van der Waals surface area (Å²) in [4.78, 5) is 15.7. The lowest BCUT2D eigenvalue weighted by Gasteiger charge is -2.12. The minimum Gasteiger partial charge on any atom is -0.462 e. The molecule has 1 heterocycles. The van der Waals surface area contributed by atoms with Crippen molar-refractivity contribution < 1.29 is 9.53 Å². The molecule has 20 heavy (non-hydrogen) atoms. The molecule has 0 aliphatic carbocycles. The van der Waals surface area contributed by atoms with Crippen LogP contribution in [0.2, 0.25) is 0 Å². The van der Waals surface area contributed by atoms with Gasteiger partial charge in [-0.25, -0.2) is 4.79 Å². The highest BCUT2D eigenvalue weighted by Crippen LogP contribution is 2.24. The van der Waals surface area contributed by atoms with E-state index in [1.165, 1.54) is 0 Å². The zero-order chi connectivity index (χ0) is 14.4. The summed E-state index contributed by atoms with van der Waals surface area (Å²) in [5.41, 5.74) is 8.59. The lowest BCUT2D eigenvalue weighted by atomic mass is 10.1. The molecule has 5 nitrogen and oxygen atoms in total. The quantitative estimate of drug-likeness (QED) is 0.645. The Morgan fingerprint density at radius 3 is 2.75 bits per heavy atom. The van der Waals surface area contributed by atoms with Crippen LogP contribution in [-0.4, -0.2) is 17.6 Å². The zero-order valence-electron chi connectivity index (χ0n) is 11.3. The third-order valence-corrected chi connectivity index (χ3v) is 2.83. The Labute approximate surface area is 117 Å². The SMILES string of the molecule is CCOC(=O)c1cccc(NCc2ccncc2)c1N. The summed E-state index contributed by atoms with van der Waals surface area (Å²) in [5.74, 6) is -0.405. The number of esters is 1. The molecule has 0 saturated carbocycles. The fourth-order valence-corrected chi connectivity index (χ4v) is 1.80. The number of ether oxygens (including phenoxy) is 1. The lowest BCUT2D eigenvalue weighted by molar-refractivity contribution is 0.0527. The molecule has 0 unspecified atom stereocenters. The number of para-hydroxylation sites is 1. The van der Waals surface area contributed by atoms with Gasteiger partial charge in [-0.1, -0.05) is 6.07 Å².